The first-order valence-electron chi connectivity index (χ1n) is 12.6. The van der Waals surface area contributed by atoms with Gasteiger partial charge in [0, 0.05) is 44.8 Å². The molecule has 1 fully saturated rings. The first kappa shape index (κ1) is 25.1. The van der Waals surface area contributed by atoms with Crippen LogP contribution in [0.25, 0.3) is 5.57 Å². The molecular formula is C26H34N6O2SSi. The summed E-state index contributed by atoms with van der Waals surface area (Å²) in [7, 11) is -0.764. The molecule has 2 aromatic rings. The van der Waals surface area contributed by atoms with Crippen LogP contribution < -0.4 is 10.2 Å². The predicted octanol–water partition coefficient (Wildman–Crippen LogP) is 3.43. The number of nitrogens with zero attached hydrogens (tertiary/aromatic N) is 5. The SMILES string of the molecule is COCC1(Nc2nc(N3CC=C(c4ncc(C#C[Si](C)(C)C)cn4)CC3)nc3c2[S@](=O)CC3)CCC1. The average molecular weight is 523 g/mol. The average Bonchev–Trinajstić information content (AvgIpc) is 3.22. The van der Waals surface area contributed by atoms with Crippen LogP contribution in [0.15, 0.2) is 23.4 Å². The fourth-order valence-electron chi connectivity index (χ4n) is 4.72. The van der Waals surface area contributed by atoms with Gasteiger partial charge >= 0.3 is 0 Å². The number of ether oxygens (including phenoxy) is 1. The molecule has 0 bridgehead atoms. The topological polar surface area (TPSA) is 93.1 Å². The predicted molar refractivity (Wildman–Crippen MR) is 146 cm³/mol. The first-order valence-corrected chi connectivity index (χ1v) is 17.4. The number of methoxy groups -OCH3 is 1. The first-order chi connectivity index (χ1) is 17.3. The van der Waals surface area contributed by atoms with Crippen LogP contribution in [0.2, 0.25) is 19.6 Å². The lowest BCUT2D eigenvalue weighted by Crippen LogP contribution is -2.49. The molecule has 10 heteroatoms. The fourth-order valence-corrected chi connectivity index (χ4v) is 6.54. The Bertz CT molecular complexity index is 1260. The van der Waals surface area contributed by atoms with Crippen LogP contribution in [-0.4, -0.2) is 70.3 Å². The molecule has 0 radical (unpaired) electrons. The van der Waals surface area contributed by atoms with E-state index < -0.39 is 18.9 Å². The van der Waals surface area contributed by atoms with E-state index in [9.17, 15) is 4.21 Å². The normalized spacial score (nSPS) is 20.6. The number of fused-ring (bicyclic) bond motifs is 1. The Morgan fingerprint density at radius 1 is 1.19 bits per heavy atom. The van der Waals surface area contributed by atoms with Crippen molar-refractivity contribution in [3.63, 3.8) is 0 Å². The highest BCUT2D eigenvalue weighted by molar-refractivity contribution is 7.85. The van der Waals surface area contributed by atoms with Gasteiger partial charge in [-0.25, -0.2) is 15.0 Å². The van der Waals surface area contributed by atoms with E-state index in [2.05, 4.69) is 57.4 Å². The Labute approximate surface area is 216 Å². The molecular weight excluding hydrogens is 488 g/mol. The fraction of sp³-hybridized carbons (Fsp3) is 0.538. The van der Waals surface area contributed by atoms with Gasteiger partial charge in [0.2, 0.25) is 5.95 Å². The highest BCUT2D eigenvalue weighted by Gasteiger charge is 2.39. The molecule has 0 amide bonds. The zero-order valence-corrected chi connectivity index (χ0v) is 23.4. The molecule has 1 saturated carbocycles. The number of nitrogens with one attached hydrogen (secondary N) is 1. The van der Waals surface area contributed by atoms with Crippen LogP contribution >= 0.6 is 0 Å². The maximum atomic E-state index is 12.8. The maximum absolute atomic E-state index is 12.8. The number of anilines is 2. The van der Waals surface area contributed by atoms with E-state index in [0.29, 0.717) is 24.9 Å². The highest BCUT2D eigenvalue weighted by atomic mass is 32.2. The summed E-state index contributed by atoms with van der Waals surface area (Å²) in [6, 6.07) is 0. The number of hydrogen-bond donors (Lipinski definition) is 1. The van der Waals surface area contributed by atoms with Gasteiger partial charge in [-0.1, -0.05) is 31.6 Å². The molecule has 1 atom stereocenters. The van der Waals surface area contributed by atoms with E-state index in [1.807, 2.05) is 12.4 Å². The lowest BCUT2D eigenvalue weighted by Gasteiger charge is -2.42. The Balaban J connectivity index is 1.34. The largest absolute Gasteiger partial charge is 0.382 e. The Kier molecular flexibility index (Phi) is 6.98. The molecule has 5 rings (SSSR count). The zero-order chi connectivity index (χ0) is 25.3. The third kappa shape index (κ3) is 5.38. The summed E-state index contributed by atoms with van der Waals surface area (Å²) in [6.45, 7) is 8.75. The van der Waals surface area contributed by atoms with E-state index in [4.69, 9.17) is 14.7 Å². The third-order valence-corrected chi connectivity index (χ3v) is 9.14. The van der Waals surface area contributed by atoms with E-state index >= 15 is 0 Å². The van der Waals surface area contributed by atoms with Crippen LogP contribution in [0.3, 0.4) is 0 Å². The third-order valence-electron chi connectivity index (χ3n) is 6.80. The lowest BCUT2D eigenvalue weighted by molar-refractivity contribution is 0.0979. The second-order valence-electron chi connectivity index (χ2n) is 10.9. The van der Waals surface area contributed by atoms with Gasteiger partial charge < -0.3 is 15.0 Å². The maximum Gasteiger partial charge on any atom is 0.227 e. The van der Waals surface area contributed by atoms with Crippen molar-refractivity contribution in [2.75, 3.05) is 42.8 Å². The van der Waals surface area contributed by atoms with Crippen molar-refractivity contribution < 1.29 is 8.95 Å². The Hall–Kier alpha value is -2.61. The van der Waals surface area contributed by atoms with Crippen LogP contribution in [0, 0.1) is 11.5 Å². The summed E-state index contributed by atoms with van der Waals surface area (Å²) in [4.78, 5) is 21.8. The highest BCUT2D eigenvalue weighted by Crippen LogP contribution is 2.39. The molecule has 4 heterocycles. The van der Waals surface area contributed by atoms with Crippen molar-refractivity contribution in [3.05, 3.63) is 35.6 Å². The van der Waals surface area contributed by atoms with Crippen LogP contribution in [-0.2, 0) is 22.0 Å². The van der Waals surface area contributed by atoms with E-state index in [1.165, 1.54) is 0 Å². The van der Waals surface area contributed by atoms with Gasteiger partial charge in [-0.05, 0) is 31.3 Å². The summed E-state index contributed by atoms with van der Waals surface area (Å²) in [5.74, 6) is 5.99. The molecule has 36 heavy (non-hydrogen) atoms. The lowest BCUT2D eigenvalue weighted by atomic mass is 9.77. The van der Waals surface area contributed by atoms with Gasteiger partial charge in [0.1, 0.15) is 18.8 Å². The summed E-state index contributed by atoms with van der Waals surface area (Å²) >= 11 is 0. The van der Waals surface area contributed by atoms with Gasteiger partial charge in [-0.3, -0.25) is 4.21 Å². The standard InChI is InChI=1S/C26H34N6O2SSi/c1-34-18-26(10-5-11-26)31-24-22-21(8-14-35(22)33)29-25(30-24)32-12-6-20(7-13-32)23-27-16-19(17-28-23)9-15-36(2,3)4/h6,16-17H,5,7-8,10-14,18H2,1-4H3,(H,29,30,31)/t35-/m1/s1. The summed E-state index contributed by atoms with van der Waals surface area (Å²) < 4.78 is 18.2. The quantitative estimate of drug-likeness (QED) is 0.456. The minimum atomic E-state index is -1.43. The van der Waals surface area contributed by atoms with Crippen molar-refractivity contribution in [2.24, 2.45) is 0 Å². The summed E-state index contributed by atoms with van der Waals surface area (Å²) in [5.41, 5.74) is 6.13. The molecule has 8 nitrogen and oxygen atoms in total. The minimum absolute atomic E-state index is 0.126. The summed E-state index contributed by atoms with van der Waals surface area (Å²) in [5, 5.41) is 3.62. The molecule has 0 spiro atoms. The monoisotopic (exact) mass is 522 g/mol. The van der Waals surface area contributed by atoms with Gasteiger partial charge in [0.15, 0.2) is 5.82 Å². The van der Waals surface area contributed by atoms with Gasteiger partial charge in [-0.2, -0.15) is 4.98 Å². The molecule has 1 N–H and O–H groups in total. The number of rotatable bonds is 6. The van der Waals surface area contributed by atoms with Crippen molar-refractivity contribution in [2.45, 2.75) is 62.2 Å². The number of aryl methyl sites for hydroxylation is 1. The van der Waals surface area contributed by atoms with Crippen molar-refractivity contribution in [1.29, 1.82) is 0 Å². The molecule has 1 aliphatic carbocycles. The van der Waals surface area contributed by atoms with Crippen molar-refractivity contribution >= 4 is 36.2 Å². The molecule has 190 valence electrons. The second-order valence-corrected chi connectivity index (χ2v) is 17.1. The Morgan fingerprint density at radius 3 is 2.58 bits per heavy atom. The van der Waals surface area contributed by atoms with E-state index in [0.717, 1.165) is 72.0 Å². The minimum Gasteiger partial charge on any atom is -0.382 e. The molecule has 3 aliphatic rings. The molecule has 2 aromatic heterocycles. The van der Waals surface area contributed by atoms with Crippen molar-refractivity contribution in [3.8, 4) is 11.5 Å². The smallest absolute Gasteiger partial charge is 0.227 e. The molecule has 2 aliphatic heterocycles. The van der Waals surface area contributed by atoms with Crippen LogP contribution in [0.5, 0.6) is 0 Å². The van der Waals surface area contributed by atoms with Gasteiger partial charge in [0.25, 0.3) is 0 Å². The van der Waals surface area contributed by atoms with E-state index in [-0.39, 0.29) is 5.54 Å². The Morgan fingerprint density at radius 2 is 1.97 bits per heavy atom. The molecule has 0 saturated heterocycles. The zero-order valence-electron chi connectivity index (χ0n) is 21.6. The van der Waals surface area contributed by atoms with Crippen LogP contribution in [0.4, 0.5) is 11.8 Å². The number of aromatic nitrogens is 4. The second kappa shape index (κ2) is 10.0. The van der Waals surface area contributed by atoms with Crippen molar-refractivity contribution in [1.82, 2.24) is 19.9 Å². The summed E-state index contributed by atoms with van der Waals surface area (Å²) in [6.07, 6.45) is 10.5. The van der Waals surface area contributed by atoms with Gasteiger partial charge in [-0.15, -0.1) is 5.54 Å². The number of hydrogen-bond acceptors (Lipinski definition) is 8. The molecule has 0 aromatic carbocycles. The van der Waals surface area contributed by atoms with E-state index in [1.54, 1.807) is 7.11 Å². The molecule has 0 unspecified atom stereocenters. The van der Waals surface area contributed by atoms with Crippen LogP contribution in [0.1, 0.15) is 42.8 Å². The van der Waals surface area contributed by atoms with Gasteiger partial charge in [0.05, 0.1) is 34.2 Å².